The van der Waals surface area contributed by atoms with Crippen LogP contribution in [0.15, 0.2) is 0 Å². The van der Waals surface area contributed by atoms with Crippen molar-refractivity contribution in [3.05, 3.63) is 11.1 Å². The minimum atomic E-state index is -1.15. The number of nitrogens with zero attached hydrogens (tertiary/aromatic N) is 4. The molecular weight excluding hydrogens is 372 g/mol. The van der Waals surface area contributed by atoms with Crippen molar-refractivity contribution >= 4 is 29.5 Å². The van der Waals surface area contributed by atoms with Gasteiger partial charge in [0.25, 0.3) is 5.82 Å². The third kappa shape index (κ3) is 4.47. The lowest BCUT2D eigenvalue weighted by Gasteiger charge is -2.23. The summed E-state index contributed by atoms with van der Waals surface area (Å²) in [6.45, 7) is 3.26. The predicted molar refractivity (Wildman–Crippen MR) is 81.4 cm³/mol. The van der Waals surface area contributed by atoms with E-state index in [1.54, 1.807) is 6.07 Å². The van der Waals surface area contributed by atoms with E-state index in [9.17, 15) is 14.4 Å². The first-order chi connectivity index (χ1) is 12.2. The monoisotopic (exact) mass is 386 g/mol. The van der Waals surface area contributed by atoms with Gasteiger partial charge in [0.15, 0.2) is 18.4 Å². The normalized spacial score (nSPS) is 24.6. The average Bonchev–Trinajstić information content (AvgIpc) is 3.06. The summed E-state index contributed by atoms with van der Waals surface area (Å²) in [6, 6.07) is 1.72. The Hall–Kier alpha value is -2.71. The molecule has 0 amide bonds. The summed E-state index contributed by atoms with van der Waals surface area (Å²) in [5.74, 6) is -2.14. The van der Waals surface area contributed by atoms with Crippen molar-refractivity contribution in [1.29, 1.82) is 5.26 Å². The van der Waals surface area contributed by atoms with Gasteiger partial charge in [-0.05, 0) is 11.6 Å². The van der Waals surface area contributed by atoms with Crippen molar-refractivity contribution in [2.75, 3.05) is 6.61 Å². The molecule has 1 fully saturated rings. The molecule has 140 valence electrons. The molecule has 4 atom stereocenters. The van der Waals surface area contributed by atoms with Gasteiger partial charge in [-0.1, -0.05) is 0 Å². The quantitative estimate of drug-likeness (QED) is 0.505. The Balaban J connectivity index is 2.38. The Morgan fingerprint density at radius 1 is 1.19 bits per heavy atom. The third-order valence-corrected chi connectivity index (χ3v) is 3.53. The Kier molecular flexibility index (Phi) is 6.12. The zero-order valence-electron chi connectivity index (χ0n) is 14.0. The fourth-order valence-electron chi connectivity index (χ4n) is 2.40. The summed E-state index contributed by atoms with van der Waals surface area (Å²) >= 11 is 5.96. The minimum absolute atomic E-state index is 0.196. The molecule has 2 heterocycles. The Morgan fingerprint density at radius 3 is 2.31 bits per heavy atom. The van der Waals surface area contributed by atoms with Crippen molar-refractivity contribution in [2.24, 2.45) is 0 Å². The second kappa shape index (κ2) is 8.11. The standard InChI is InChI=1S/C14H15ClN4O7/c1-6(20)23-5-9-11(24-7(2)21)12(25-8(3)22)13(26-9)19-14(15)17-10(4-16)18-19/h9,11-13H,5H2,1-3H3/t9-,11-,12-,13-/m1/s1. The molecule has 0 aromatic carbocycles. The van der Waals surface area contributed by atoms with E-state index in [0.717, 1.165) is 18.5 Å². The molecule has 1 aromatic rings. The summed E-state index contributed by atoms with van der Waals surface area (Å²) in [5, 5.41) is 12.6. The van der Waals surface area contributed by atoms with Crippen LogP contribution in [0.5, 0.6) is 0 Å². The molecule has 0 spiro atoms. The van der Waals surface area contributed by atoms with Crippen LogP contribution in [0.25, 0.3) is 0 Å². The summed E-state index contributed by atoms with van der Waals surface area (Å²) in [7, 11) is 0. The van der Waals surface area contributed by atoms with Crippen molar-refractivity contribution in [2.45, 2.75) is 45.3 Å². The molecule has 1 aliphatic heterocycles. The lowest BCUT2D eigenvalue weighted by molar-refractivity contribution is -0.166. The highest BCUT2D eigenvalue weighted by atomic mass is 35.5. The van der Waals surface area contributed by atoms with Crippen LogP contribution in [0.2, 0.25) is 5.28 Å². The second-order valence-electron chi connectivity index (χ2n) is 5.28. The molecule has 0 saturated carbocycles. The summed E-state index contributed by atoms with van der Waals surface area (Å²) in [6.07, 6.45) is -4.34. The van der Waals surface area contributed by atoms with E-state index in [1.165, 1.54) is 6.92 Å². The number of carbonyl (C=O) groups is 3. The van der Waals surface area contributed by atoms with Crippen LogP contribution in [-0.2, 0) is 33.3 Å². The van der Waals surface area contributed by atoms with Crippen LogP contribution >= 0.6 is 11.6 Å². The molecule has 1 saturated heterocycles. The largest absolute Gasteiger partial charge is 0.463 e. The zero-order chi connectivity index (χ0) is 19.4. The Morgan fingerprint density at radius 2 is 1.81 bits per heavy atom. The van der Waals surface area contributed by atoms with Gasteiger partial charge in [-0.3, -0.25) is 14.4 Å². The number of halogens is 1. The van der Waals surface area contributed by atoms with E-state index < -0.39 is 42.4 Å². The molecule has 0 aliphatic carbocycles. The number of carbonyl (C=O) groups excluding carboxylic acids is 3. The van der Waals surface area contributed by atoms with Crippen molar-refractivity contribution < 1.29 is 33.3 Å². The van der Waals surface area contributed by atoms with Crippen LogP contribution < -0.4 is 0 Å². The predicted octanol–water partition coefficient (Wildman–Crippen LogP) is 0.127. The summed E-state index contributed by atoms with van der Waals surface area (Å²) in [5.41, 5.74) is 0. The van der Waals surface area contributed by atoms with Gasteiger partial charge < -0.3 is 18.9 Å². The van der Waals surface area contributed by atoms with Gasteiger partial charge in [0.2, 0.25) is 5.28 Å². The number of ether oxygens (including phenoxy) is 4. The number of aromatic nitrogens is 3. The molecule has 12 heteroatoms. The fourth-order valence-corrected chi connectivity index (χ4v) is 2.62. The molecule has 0 bridgehead atoms. The van der Waals surface area contributed by atoms with Crippen molar-refractivity contribution in [3.8, 4) is 6.07 Å². The lowest BCUT2D eigenvalue weighted by Crippen LogP contribution is -2.40. The van der Waals surface area contributed by atoms with Gasteiger partial charge in [-0.2, -0.15) is 10.2 Å². The third-order valence-electron chi connectivity index (χ3n) is 3.27. The molecule has 1 aliphatic rings. The lowest BCUT2D eigenvalue weighted by atomic mass is 10.1. The number of esters is 3. The minimum Gasteiger partial charge on any atom is -0.463 e. The van der Waals surface area contributed by atoms with E-state index in [4.69, 9.17) is 35.8 Å². The summed E-state index contributed by atoms with van der Waals surface area (Å²) < 4.78 is 22.0. The van der Waals surface area contributed by atoms with Crippen LogP contribution in [0.4, 0.5) is 0 Å². The topological polar surface area (TPSA) is 143 Å². The van der Waals surface area contributed by atoms with Gasteiger partial charge in [-0.25, -0.2) is 4.68 Å². The molecule has 0 radical (unpaired) electrons. The maximum Gasteiger partial charge on any atom is 0.303 e. The maximum absolute atomic E-state index is 11.5. The Labute approximate surface area is 152 Å². The van der Waals surface area contributed by atoms with Crippen molar-refractivity contribution in [3.63, 3.8) is 0 Å². The molecular formula is C14H15ClN4O7. The Bertz CT molecular complexity index is 759. The molecule has 1 aromatic heterocycles. The van der Waals surface area contributed by atoms with Gasteiger partial charge in [0.1, 0.15) is 18.8 Å². The van der Waals surface area contributed by atoms with Gasteiger partial charge >= 0.3 is 17.9 Å². The first-order valence-corrected chi connectivity index (χ1v) is 7.76. The van der Waals surface area contributed by atoms with E-state index in [2.05, 4.69) is 10.1 Å². The van der Waals surface area contributed by atoms with Gasteiger partial charge in [0, 0.05) is 20.8 Å². The number of hydrogen-bond donors (Lipinski definition) is 0. The molecule has 26 heavy (non-hydrogen) atoms. The molecule has 11 nitrogen and oxygen atoms in total. The van der Waals surface area contributed by atoms with Crippen LogP contribution in [0.3, 0.4) is 0 Å². The highest BCUT2D eigenvalue weighted by Crippen LogP contribution is 2.35. The first-order valence-electron chi connectivity index (χ1n) is 7.38. The van der Waals surface area contributed by atoms with E-state index >= 15 is 0 Å². The molecule has 2 rings (SSSR count). The number of nitriles is 1. The van der Waals surface area contributed by atoms with Gasteiger partial charge in [0.05, 0.1) is 0 Å². The zero-order valence-corrected chi connectivity index (χ0v) is 14.8. The van der Waals surface area contributed by atoms with Crippen LogP contribution in [-0.4, -0.2) is 57.6 Å². The smallest absolute Gasteiger partial charge is 0.303 e. The number of hydrogen-bond acceptors (Lipinski definition) is 10. The molecule has 0 N–H and O–H groups in total. The van der Waals surface area contributed by atoms with Crippen molar-refractivity contribution in [1.82, 2.24) is 14.8 Å². The number of rotatable bonds is 5. The first kappa shape index (κ1) is 19.6. The molecule has 0 unspecified atom stereocenters. The fraction of sp³-hybridized carbons (Fsp3) is 0.571. The summed E-state index contributed by atoms with van der Waals surface area (Å²) in [4.78, 5) is 37.7. The van der Waals surface area contributed by atoms with Gasteiger partial charge in [-0.15, -0.1) is 5.10 Å². The van der Waals surface area contributed by atoms with E-state index in [-0.39, 0.29) is 17.7 Å². The van der Waals surface area contributed by atoms with E-state index in [0.29, 0.717) is 0 Å². The highest BCUT2D eigenvalue weighted by Gasteiger charge is 2.51. The second-order valence-corrected chi connectivity index (χ2v) is 5.61. The average molecular weight is 387 g/mol. The van der Waals surface area contributed by atoms with E-state index in [1.807, 2.05) is 0 Å². The maximum atomic E-state index is 11.5. The highest BCUT2D eigenvalue weighted by molar-refractivity contribution is 6.28. The SMILES string of the molecule is CC(=O)OC[C@H]1O[C@@H](n2nc(C#N)nc2Cl)[C@H](OC(C)=O)[C@@H]1OC(C)=O. The van der Waals surface area contributed by atoms with Crippen LogP contribution in [0.1, 0.15) is 32.8 Å². The van der Waals surface area contributed by atoms with Crippen LogP contribution in [0, 0.1) is 11.3 Å².